The molecule has 1 aliphatic carbocycles. The highest BCUT2D eigenvalue weighted by Crippen LogP contribution is 2.61. The van der Waals surface area contributed by atoms with Gasteiger partial charge < -0.3 is 0 Å². The summed E-state index contributed by atoms with van der Waals surface area (Å²) in [6.45, 7) is 4.46. The van der Waals surface area contributed by atoms with Gasteiger partial charge in [-0.3, -0.25) is 0 Å². The standard InChI is InChI=1S/C53H34.C6H14/c1-3-17-43(18-4-1)53(44-19-5-2-6-20-44)50-34-42(40-26-24-36-14-8-10-16-38(36)32-40)28-30-48(50)51-46-22-12-11-21-45(46)49-33-41(27-29-47(49)52(51)53)39-25-23-35-13-7-9-15-37(35)31-39;1-3-5-6-4-2/h1-34H;3-6H2,1-2H3. The normalized spacial score (nSPS) is 12.6. The molecule has 0 heteroatoms. The Bertz CT molecular complexity index is 3070. The first kappa shape index (κ1) is 36.6. The largest absolute Gasteiger partial charge is 0.0720 e. The van der Waals surface area contributed by atoms with Gasteiger partial charge in [-0.25, -0.2) is 0 Å². The average Bonchev–Trinajstić information content (AvgIpc) is 3.63. The molecule has 0 N–H and O–H groups in total. The number of rotatable bonds is 7. The van der Waals surface area contributed by atoms with Crippen molar-refractivity contribution in [3.8, 4) is 33.4 Å². The first-order chi connectivity index (χ1) is 29.2. The lowest BCUT2D eigenvalue weighted by molar-refractivity contribution is 0.702. The highest BCUT2D eigenvalue weighted by Gasteiger charge is 2.48. The molecule has 0 bridgehead atoms. The van der Waals surface area contributed by atoms with Gasteiger partial charge in [0.2, 0.25) is 0 Å². The van der Waals surface area contributed by atoms with Crippen LogP contribution in [0.15, 0.2) is 206 Å². The summed E-state index contributed by atoms with van der Waals surface area (Å²) >= 11 is 0. The van der Waals surface area contributed by atoms with Crippen LogP contribution in [0.1, 0.15) is 61.8 Å². The van der Waals surface area contributed by atoms with Gasteiger partial charge in [0.25, 0.3) is 0 Å². The Kier molecular flexibility index (Phi) is 9.63. The Morgan fingerprint density at radius 2 is 0.797 bits per heavy atom. The highest BCUT2D eigenvalue weighted by molar-refractivity contribution is 6.20. The number of fused-ring (bicyclic) bond motifs is 10. The van der Waals surface area contributed by atoms with Crippen LogP contribution in [0, 0.1) is 0 Å². The van der Waals surface area contributed by atoms with E-state index in [2.05, 4.69) is 220 Å². The van der Waals surface area contributed by atoms with Gasteiger partial charge in [-0.1, -0.05) is 222 Å². The van der Waals surface area contributed by atoms with E-state index in [9.17, 15) is 0 Å². The monoisotopic (exact) mass is 756 g/mol. The Hall–Kier alpha value is -6.76. The third-order valence-corrected chi connectivity index (χ3v) is 12.6. The summed E-state index contributed by atoms with van der Waals surface area (Å²) in [5.74, 6) is 0. The second-order valence-electron chi connectivity index (χ2n) is 16.1. The molecule has 0 spiro atoms. The predicted octanol–water partition coefficient (Wildman–Crippen LogP) is 16.6. The van der Waals surface area contributed by atoms with Crippen LogP contribution in [0.25, 0.3) is 76.5 Å². The van der Waals surface area contributed by atoms with E-state index >= 15 is 0 Å². The number of benzene rings is 10. The molecular formula is C59H48. The molecule has 10 aromatic carbocycles. The Morgan fingerprint density at radius 3 is 1.37 bits per heavy atom. The lowest BCUT2D eigenvalue weighted by Crippen LogP contribution is -2.29. The van der Waals surface area contributed by atoms with Crippen molar-refractivity contribution in [1.82, 2.24) is 0 Å². The summed E-state index contributed by atoms with van der Waals surface area (Å²) in [5, 5.41) is 10.2. The van der Waals surface area contributed by atoms with Crippen molar-refractivity contribution in [1.29, 1.82) is 0 Å². The van der Waals surface area contributed by atoms with Crippen molar-refractivity contribution >= 4 is 43.1 Å². The maximum atomic E-state index is 2.49. The van der Waals surface area contributed by atoms with E-state index in [0.29, 0.717) is 0 Å². The Morgan fingerprint density at radius 1 is 0.339 bits per heavy atom. The molecule has 0 saturated heterocycles. The highest BCUT2D eigenvalue weighted by atomic mass is 14.5. The van der Waals surface area contributed by atoms with Crippen LogP contribution in [0.5, 0.6) is 0 Å². The van der Waals surface area contributed by atoms with Gasteiger partial charge in [0, 0.05) is 0 Å². The molecule has 59 heavy (non-hydrogen) atoms. The molecule has 284 valence electrons. The maximum Gasteiger partial charge on any atom is 0.0720 e. The van der Waals surface area contributed by atoms with Crippen molar-refractivity contribution in [2.24, 2.45) is 0 Å². The lowest BCUT2D eigenvalue weighted by Gasteiger charge is -2.35. The first-order valence-electron chi connectivity index (χ1n) is 21.4. The summed E-state index contributed by atoms with van der Waals surface area (Å²) in [7, 11) is 0. The molecule has 0 aliphatic heterocycles. The van der Waals surface area contributed by atoms with Crippen molar-refractivity contribution in [2.45, 2.75) is 44.9 Å². The lowest BCUT2D eigenvalue weighted by atomic mass is 9.66. The molecule has 11 rings (SSSR count). The predicted molar refractivity (Wildman–Crippen MR) is 254 cm³/mol. The van der Waals surface area contributed by atoms with Crippen molar-refractivity contribution in [3.63, 3.8) is 0 Å². The van der Waals surface area contributed by atoms with Gasteiger partial charge in [-0.15, -0.1) is 0 Å². The maximum absolute atomic E-state index is 2.49. The van der Waals surface area contributed by atoms with Gasteiger partial charge in [-0.05, 0) is 123 Å². The van der Waals surface area contributed by atoms with Crippen LogP contribution < -0.4 is 0 Å². The average molecular weight is 757 g/mol. The second-order valence-corrected chi connectivity index (χ2v) is 16.1. The molecule has 0 unspecified atom stereocenters. The topological polar surface area (TPSA) is 0 Å². The van der Waals surface area contributed by atoms with Crippen molar-refractivity contribution in [3.05, 3.63) is 229 Å². The SMILES string of the molecule is CCCCCC.c1ccc(C2(c3ccccc3)c3cc(-c4ccc5ccccc5c4)ccc3-c3c2c2ccc(-c4ccc5ccccc5c4)cc2c2ccccc32)cc1. The van der Waals surface area contributed by atoms with E-state index in [1.54, 1.807) is 0 Å². The first-order valence-corrected chi connectivity index (χ1v) is 21.4. The Labute approximate surface area is 348 Å². The minimum Gasteiger partial charge on any atom is -0.0654 e. The Balaban J connectivity index is 0.000000655. The molecular weight excluding hydrogens is 709 g/mol. The number of hydrogen-bond acceptors (Lipinski definition) is 0. The fourth-order valence-corrected chi connectivity index (χ4v) is 9.81. The summed E-state index contributed by atoms with van der Waals surface area (Å²) in [6, 6.07) is 76.8. The third kappa shape index (κ3) is 6.23. The van der Waals surface area contributed by atoms with Gasteiger partial charge in [0.05, 0.1) is 5.41 Å². The molecule has 1 aliphatic rings. The zero-order chi connectivity index (χ0) is 39.8. The van der Waals surface area contributed by atoms with Crippen LogP contribution in [-0.4, -0.2) is 0 Å². The minimum absolute atomic E-state index is 0.549. The van der Waals surface area contributed by atoms with E-state index < -0.39 is 5.41 Å². The van der Waals surface area contributed by atoms with Crippen LogP contribution in [-0.2, 0) is 5.41 Å². The fraction of sp³-hybridized carbons (Fsp3) is 0.119. The molecule has 0 atom stereocenters. The summed E-state index contributed by atoms with van der Waals surface area (Å²) < 4.78 is 0. The van der Waals surface area contributed by atoms with Gasteiger partial charge in [-0.2, -0.15) is 0 Å². The summed E-state index contributed by atoms with van der Waals surface area (Å²) in [6.07, 6.45) is 5.54. The number of hydrogen-bond donors (Lipinski definition) is 0. The molecule has 0 radical (unpaired) electrons. The second kappa shape index (κ2) is 15.5. The van der Waals surface area contributed by atoms with Gasteiger partial charge in [0.15, 0.2) is 0 Å². The summed E-state index contributed by atoms with van der Waals surface area (Å²) in [5.41, 5.74) is 12.2. The van der Waals surface area contributed by atoms with E-state index in [-0.39, 0.29) is 0 Å². The van der Waals surface area contributed by atoms with E-state index in [4.69, 9.17) is 0 Å². The van der Waals surface area contributed by atoms with E-state index in [1.807, 2.05) is 0 Å². The van der Waals surface area contributed by atoms with Crippen LogP contribution in [0.3, 0.4) is 0 Å². The van der Waals surface area contributed by atoms with Crippen LogP contribution >= 0.6 is 0 Å². The zero-order valence-corrected chi connectivity index (χ0v) is 34.0. The smallest absolute Gasteiger partial charge is 0.0654 e. The molecule has 0 saturated carbocycles. The van der Waals surface area contributed by atoms with E-state index in [1.165, 1.54) is 124 Å². The van der Waals surface area contributed by atoms with Crippen LogP contribution in [0.2, 0.25) is 0 Å². The molecule has 0 fully saturated rings. The summed E-state index contributed by atoms with van der Waals surface area (Å²) in [4.78, 5) is 0. The quantitative estimate of drug-likeness (QED) is 0.112. The zero-order valence-electron chi connectivity index (χ0n) is 34.0. The molecule has 0 aromatic heterocycles. The van der Waals surface area contributed by atoms with E-state index in [0.717, 1.165) is 0 Å². The molecule has 0 nitrogen and oxygen atoms in total. The van der Waals surface area contributed by atoms with Gasteiger partial charge >= 0.3 is 0 Å². The third-order valence-electron chi connectivity index (χ3n) is 12.6. The van der Waals surface area contributed by atoms with Gasteiger partial charge in [0.1, 0.15) is 0 Å². The molecule has 0 amide bonds. The molecule has 10 aromatic rings. The number of unbranched alkanes of at least 4 members (excludes halogenated alkanes) is 3. The molecule has 0 heterocycles. The van der Waals surface area contributed by atoms with Crippen LogP contribution in [0.4, 0.5) is 0 Å². The van der Waals surface area contributed by atoms with Crippen molar-refractivity contribution < 1.29 is 0 Å². The van der Waals surface area contributed by atoms with Crippen molar-refractivity contribution in [2.75, 3.05) is 0 Å². The minimum atomic E-state index is -0.549. The fourth-order valence-electron chi connectivity index (χ4n) is 9.81.